The third-order valence-electron chi connectivity index (χ3n) is 6.54. The minimum Gasteiger partial charge on any atom is -0.441 e. The first-order valence-corrected chi connectivity index (χ1v) is 15.1. The Bertz CT molecular complexity index is 1470. The van der Waals surface area contributed by atoms with Gasteiger partial charge in [0, 0.05) is 30.0 Å². The van der Waals surface area contributed by atoms with Gasteiger partial charge in [-0.2, -0.15) is 9.49 Å². The third-order valence-corrected chi connectivity index (χ3v) is 7.43. The molecule has 0 aliphatic heterocycles. The highest BCUT2D eigenvalue weighted by Crippen LogP contribution is 2.24. The van der Waals surface area contributed by atoms with Crippen LogP contribution in [0.3, 0.4) is 0 Å². The molecule has 0 aromatic carbocycles. The van der Waals surface area contributed by atoms with E-state index in [1.54, 1.807) is 13.1 Å². The van der Waals surface area contributed by atoms with Crippen molar-refractivity contribution in [1.82, 2.24) is 25.1 Å². The molecule has 238 valence electrons. The van der Waals surface area contributed by atoms with Gasteiger partial charge in [-0.1, -0.05) is 33.1 Å². The van der Waals surface area contributed by atoms with Crippen LogP contribution in [0.4, 0.5) is 8.78 Å². The minimum absolute atomic E-state index is 0.0126. The number of halogens is 2. The number of carbonyl (C=O) groups excluding carboxylic acids is 2. The van der Waals surface area contributed by atoms with Gasteiger partial charge in [-0.05, 0) is 37.8 Å². The highest BCUT2D eigenvalue weighted by atomic mass is 32.1. The third kappa shape index (κ3) is 9.72. The summed E-state index contributed by atoms with van der Waals surface area (Å²) in [4.78, 5) is 37.6. The molecular formula is C29H38F2N8O4S. The Morgan fingerprint density at radius 2 is 1.95 bits per heavy atom. The highest BCUT2D eigenvalue weighted by molar-refractivity contribution is 7.13. The van der Waals surface area contributed by atoms with E-state index in [1.807, 2.05) is 13.8 Å². The predicted octanol–water partition coefficient (Wildman–Crippen LogP) is 3.62. The van der Waals surface area contributed by atoms with E-state index < -0.39 is 35.4 Å². The molecule has 0 radical (unpaired) electrons. The number of aliphatic hydroxyl groups is 1. The lowest BCUT2D eigenvalue weighted by molar-refractivity contribution is -0.150. The molecular weight excluding hydrogens is 594 g/mol. The average molecular weight is 633 g/mol. The number of aliphatic hydroxyl groups excluding tert-OH is 1. The van der Waals surface area contributed by atoms with Crippen molar-refractivity contribution in [3.63, 3.8) is 0 Å². The number of carbonyl (C=O) groups is 2. The summed E-state index contributed by atoms with van der Waals surface area (Å²) in [7, 11) is 0. The molecule has 0 bridgehead atoms. The molecule has 44 heavy (non-hydrogen) atoms. The van der Waals surface area contributed by atoms with Crippen LogP contribution in [0.15, 0.2) is 40.6 Å². The number of thiazole rings is 1. The lowest BCUT2D eigenvalue weighted by atomic mass is 9.96. The Morgan fingerprint density at radius 3 is 2.64 bits per heavy atom. The summed E-state index contributed by atoms with van der Waals surface area (Å²) in [6.07, 6.45) is 9.49. The topological polar surface area (TPSA) is 184 Å². The number of amides is 1. The van der Waals surface area contributed by atoms with Crippen LogP contribution in [0.2, 0.25) is 0 Å². The number of aliphatic imine (C=N–C) groups is 1. The van der Waals surface area contributed by atoms with Gasteiger partial charge in [-0.15, -0.1) is 11.3 Å². The predicted molar refractivity (Wildman–Crippen MR) is 163 cm³/mol. The zero-order chi connectivity index (χ0) is 32.2. The maximum atomic E-state index is 14.4. The standard InChI is InChI=1S/C27H32F2N8O3S.C2H6O/c1-15(2)22(30)27(39)40-14-37-12-16(10-33-37)26-35-20(13-41-26)25(38)34-19(11-32-17-6-4-3-5-7-17)23(31)24-18(28)8-9-21(29)36-24;1-2-3/h8-13,15,17,22H,3-7,14,30-31H2,1-2H3,(H,34,38);3H,2H2,1H3/b23-19+,32-11?;. The lowest BCUT2D eigenvalue weighted by Gasteiger charge is -2.18. The van der Waals surface area contributed by atoms with Gasteiger partial charge in [0.25, 0.3) is 5.91 Å². The maximum Gasteiger partial charge on any atom is 0.324 e. The Balaban J connectivity index is 0.00000169. The van der Waals surface area contributed by atoms with Crippen LogP contribution in [0, 0.1) is 17.7 Å². The zero-order valence-corrected chi connectivity index (χ0v) is 25.7. The van der Waals surface area contributed by atoms with Gasteiger partial charge in [0.1, 0.15) is 22.4 Å². The van der Waals surface area contributed by atoms with E-state index in [1.165, 1.54) is 33.8 Å². The second-order valence-corrected chi connectivity index (χ2v) is 11.2. The molecule has 0 saturated heterocycles. The molecule has 3 aromatic rings. The summed E-state index contributed by atoms with van der Waals surface area (Å²) < 4.78 is 34.8. The fraction of sp³-hybridized carbons (Fsp3) is 0.448. The van der Waals surface area contributed by atoms with Crippen LogP contribution in [0.1, 0.15) is 69.1 Å². The van der Waals surface area contributed by atoms with Crippen molar-refractivity contribution < 1.29 is 28.2 Å². The second-order valence-electron chi connectivity index (χ2n) is 10.3. The zero-order valence-electron chi connectivity index (χ0n) is 24.9. The number of nitrogens with zero attached hydrogens (tertiary/aromatic N) is 5. The molecule has 15 heteroatoms. The quantitative estimate of drug-likeness (QED) is 0.147. The molecule has 3 heterocycles. The Kier molecular flexibility index (Phi) is 13.0. The van der Waals surface area contributed by atoms with E-state index in [9.17, 15) is 18.4 Å². The number of aromatic nitrogens is 4. The van der Waals surface area contributed by atoms with Crippen molar-refractivity contribution in [3.05, 3.63) is 58.8 Å². The summed E-state index contributed by atoms with van der Waals surface area (Å²) in [6, 6.07) is 1.09. The number of allylic oxidation sites excluding steroid dienone is 1. The molecule has 3 aromatic heterocycles. The van der Waals surface area contributed by atoms with E-state index in [0.717, 1.165) is 44.2 Å². The number of hydrogen-bond donors (Lipinski definition) is 4. The van der Waals surface area contributed by atoms with E-state index in [-0.39, 0.29) is 42.4 Å². The first kappa shape index (κ1) is 34.4. The number of rotatable bonds is 10. The van der Waals surface area contributed by atoms with Crippen LogP contribution in [-0.4, -0.2) is 61.6 Å². The molecule has 1 aliphatic rings. The van der Waals surface area contributed by atoms with Crippen LogP contribution in [-0.2, 0) is 16.3 Å². The molecule has 1 atom stereocenters. The van der Waals surface area contributed by atoms with Crippen molar-refractivity contribution >= 4 is 35.1 Å². The second kappa shape index (κ2) is 16.7. The van der Waals surface area contributed by atoms with E-state index in [2.05, 4.69) is 25.4 Å². The van der Waals surface area contributed by atoms with E-state index in [4.69, 9.17) is 21.3 Å². The minimum atomic E-state index is -0.915. The SMILES string of the molecule is CC(C)C(N)C(=O)OCn1cc(-c2nc(C(=O)N/C(C=NC3CCCCC3)=C(/N)c3nc(F)ccc3F)cs2)cn1.CCO. The average Bonchev–Trinajstić information content (AvgIpc) is 3.69. The summed E-state index contributed by atoms with van der Waals surface area (Å²) in [5.74, 6) is -2.98. The van der Waals surface area contributed by atoms with Gasteiger partial charge in [0.2, 0.25) is 5.95 Å². The van der Waals surface area contributed by atoms with Crippen molar-refractivity contribution in [3.8, 4) is 10.6 Å². The van der Waals surface area contributed by atoms with Crippen LogP contribution in [0.5, 0.6) is 0 Å². The monoisotopic (exact) mass is 632 g/mol. The van der Waals surface area contributed by atoms with Crippen LogP contribution >= 0.6 is 11.3 Å². The molecule has 12 nitrogen and oxygen atoms in total. The summed E-state index contributed by atoms with van der Waals surface area (Å²) in [5, 5.41) is 16.4. The van der Waals surface area contributed by atoms with Crippen molar-refractivity contribution in [2.75, 3.05) is 6.61 Å². The normalized spacial score (nSPS) is 15.0. The van der Waals surface area contributed by atoms with Gasteiger partial charge >= 0.3 is 5.97 Å². The molecule has 1 fully saturated rings. The number of ether oxygens (including phenoxy) is 1. The largest absolute Gasteiger partial charge is 0.441 e. The van der Waals surface area contributed by atoms with Gasteiger partial charge in [0.15, 0.2) is 12.5 Å². The van der Waals surface area contributed by atoms with Crippen LogP contribution in [0.25, 0.3) is 16.3 Å². The molecule has 1 saturated carbocycles. The van der Waals surface area contributed by atoms with E-state index >= 15 is 0 Å². The lowest BCUT2D eigenvalue weighted by Crippen LogP contribution is -2.37. The smallest absolute Gasteiger partial charge is 0.324 e. The molecule has 1 aliphatic carbocycles. The molecule has 1 amide bonds. The number of nitrogens with two attached hydrogens (primary N) is 2. The Hall–Kier alpha value is -4.08. The van der Waals surface area contributed by atoms with Crippen molar-refractivity contribution in [2.24, 2.45) is 22.4 Å². The van der Waals surface area contributed by atoms with E-state index in [0.29, 0.717) is 10.6 Å². The summed E-state index contributed by atoms with van der Waals surface area (Å²) in [6.45, 7) is 5.44. The number of esters is 1. The van der Waals surface area contributed by atoms with Gasteiger partial charge < -0.3 is 26.6 Å². The van der Waals surface area contributed by atoms with Crippen LogP contribution < -0.4 is 16.8 Å². The Labute approximate surface area is 258 Å². The van der Waals surface area contributed by atoms with Gasteiger partial charge in [-0.25, -0.2) is 19.0 Å². The van der Waals surface area contributed by atoms with Gasteiger partial charge in [-0.3, -0.25) is 14.6 Å². The summed E-state index contributed by atoms with van der Waals surface area (Å²) in [5.41, 5.74) is 11.9. The molecule has 1 unspecified atom stereocenters. The molecule has 0 spiro atoms. The van der Waals surface area contributed by atoms with Crippen molar-refractivity contribution in [1.29, 1.82) is 0 Å². The Morgan fingerprint density at radius 1 is 1.25 bits per heavy atom. The first-order chi connectivity index (χ1) is 21.0. The summed E-state index contributed by atoms with van der Waals surface area (Å²) >= 11 is 1.19. The highest BCUT2D eigenvalue weighted by Gasteiger charge is 2.21. The number of nitrogens with one attached hydrogen (secondary N) is 1. The first-order valence-electron chi connectivity index (χ1n) is 14.2. The number of pyridine rings is 1. The molecule has 4 rings (SSSR count). The fourth-order valence-corrected chi connectivity index (χ4v) is 4.83. The maximum absolute atomic E-state index is 14.4. The fourth-order valence-electron chi connectivity index (χ4n) is 4.05. The number of hydrogen-bond acceptors (Lipinski definition) is 11. The van der Waals surface area contributed by atoms with Gasteiger partial charge in [0.05, 0.1) is 23.6 Å². The van der Waals surface area contributed by atoms with Crippen molar-refractivity contribution in [2.45, 2.75) is 71.7 Å². The molecule has 6 N–H and O–H groups in total.